The van der Waals surface area contributed by atoms with Crippen LogP contribution in [0.4, 0.5) is 5.69 Å². The minimum atomic E-state index is -0.467. The van der Waals surface area contributed by atoms with Crippen LogP contribution >= 0.6 is 23.6 Å². The van der Waals surface area contributed by atoms with Crippen LogP contribution in [-0.4, -0.2) is 34.9 Å². The maximum absolute atomic E-state index is 13.0. The SMILES string of the molecule is COC(=O)c1ccccc1NC(=S)N(Cc1cccs1)Cc1cc2cc3c(cc2[nH]c1=O)OCO3. The average molecular weight is 508 g/mol. The van der Waals surface area contributed by atoms with Gasteiger partial charge in [0.2, 0.25) is 6.79 Å². The summed E-state index contributed by atoms with van der Waals surface area (Å²) in [6.07, 6.45) is 0. The number of anilines is 1. The number of pyridine rings is 1. The van der Waals surface area contributed by atoms with E-state index >= 15 is 0 Å². The number of hydrogen-bond donors (Lipinski definition) is 2. The number of rotatable bonds is 6. The maximum Gasteiger partial charge on any atom is 0.339 e. The molecule has 0 fully saturated rings. The van der Waals surface area contributed by atoms with E-state index in [1.807, 2.05) is 34.5 Å². The van der Waals surface area contributed by atoms with Gasteiger partial charge in [-0.2, -0.15) is 0 Å². The summed E-state index contributed by atoms with van der Waals surface area (Å²) in [7, 11) is 1.33. The molecule has 0 unspecified atom stereocenters. The predicted octanol–water partition coefficient (Wildman–Crippen LogP) is 4.50. The largest absolute Gasteiger partial charge is 0.465 e. The number of nitrogens with one attached hydrogen (secondary N) is 2. The Morgan fingerprint density at radius 3 is 2.71 bits per heavy atom. The number of nitrogens with zero attached hydrogens (tertiary/aromatic N) is 1. The number of thiophene rings is 1. The summed E-state index contributed by atoms with van der Waals surface area (Å²) in [4.78, 5) is 31.1. The summed E-state index contributed by atoms with van der Waals surface area (Å²) >= 11 is 7.33. The molecule has 0 saturated carbocycles. The van der Waals surface area contributed by atoms with E-state index in [-0.39, 0.29) is 18.9 Å². The normalized spacial score (nSPS) is 11.9. The number of fused-ring (bicyclic) bond motifs is 2. The molecule has 2 aromatic heterocycles. The smallest absolute Gasteiger partial charge is 0.339 e. The minimum absolute atomic E-state index is 0.157. The highest BCUT2D eigenvalue weighted by Gasteiger charge is 2.19. The Labute approximate surface area is 210 Å². The highest BCUT2D eigenvalue weighted by Crippen LogP contribution is 2.35. The summed E-state index contributed by atoms with van der Waals surface area (Å²) in [5.41, 5.74) is 1.89. The van der Waals surface area contributed by atoms with E-state index in [0.29, 0.717) is 45.5 Å². The van der Waals surface area contributed by atoms with E-state index < -0.39 is 5.97 Å². The van der Waals surface area contributed by atoms with Gasteiger partial charge in [0.25, 0.3) is 5.56 Å². The molecule has 0 aliphatic carbocycles. The van der Waals surface area contributed by atoms with Crippen LogP contribution in [0.3, 0.4) is 0 Å². The number of H-pyrrole nitrogens is 1. The number of thiocarbonyl (C=S) groups is 1. The van der Waals surface area contributed by atoms with Gasteiger partial charge >= 0.3 is 5.97 Å². The van der Waals surface area contributed by atoms with Gasteiger partial charge in [0, 0.05) is 21.9 Å². The number of hydrogen-bond acceptors (Lipinski definition) is 7. The highest BCUT2D eigenvalue weighted by molar-refractivity contribution is 7.80. The van der Waals surface area contributed by atoms with Crippen LogP contribution in [0, 0.1) is 0 Å². The second-order valence-corrected chi connectivity index (χ2v) is 9.24. The summed E-state index contributed by atoms with van der Waals surface area (Å²) < 4.78 is 15.8. The van der Waals surface area contributed by atoms with Gasteiger partial charge in [0.15, 0.2) is 16.6 Å². The third-order valence-corrected chi connectivity index (χ3v) is 6.78. The van der Waals surface area contributed by atoms with E-state index in [9.17, 15) is 9.59 Å². The Balaban J connectivity index is 1.46. The van der Waals surface area contributed by atoms with Crippen molar-refractivity contribution < 1.29 is 19.0 Å². The van der Waals surface area contributed by atoms with Gasteiger partial charge in [-0.15, -0.1) is 11.3 Å². The first-order valence-corrected chi connectivity index (χ1v) is 12.0. The summed E-state index contributed by atoms with van der Waals surface area (Å²) in [6.45, 7) is 0.899. The predicted molar refractivity (Wildman–Crippen MR) is 138 cm³/mol. The zero-order valence-electron chi connectivity index (χ0n) is 18.7. The Kier molecular flexibility index (Phi) is 6.39. The molecule has 0 radical (unpaired) electrons. The Morgan fingerprint density at radius 1 is 1.14 bits per heavy atom. The lowest BCUT2D eigenvalue weighted by atomic mass is 10.1. The number of benzene rings is 2. The fourth-order valence-electron chi connectivity index (χ4n) is 3.83. The summed E-state index contributed by atoms with van der Waals surface area (Å²) in [6, 6.07) is 16.4. The van der Waals surface area contributed by atoms with Crippen molar-refractivity contribution >= 4 is 51.2 Å². The molecule has 0 bridgehead atoms. The molecule has 178 valence electrons. The number of carbonyl (C=O) groups excluding carboxylic acids is 1. The van der Waals surface area contributed by atoms with Crippen molar-refractivity contribution in [1.82, 2.24) is 9.88 Å². The molecule has 5 rings (SSSR count). The van der Waals surface area contributed by atoms with Crippen molar-refractivity contribution in [2.24, 2.45) is 0 Å². The van der Waals surface area contributed by atoms with Gasteiger partial charge in [0.1, 0.15) is 0 Å². The molecule has 35 heavy (non-hydrogen) atoms. The zero-order chi connectivity index (χ0) is 24.4. The first kappa shape index (κ1) is 22.9. The van der Waals surface area contributed by atoms with Crippen LogP contribution < -0.4 is 20.3 Å². The monoisotopic (exact) mass is 507 g/mol. The maximum atomic E-state index is 13.0. The van der Waals surface area contributed by atoms with Gasteiger partial charge in [-0.3, -0.25) is 4.79 Å². The highest BCUT2D eigenvalue weighted by atomic mass is 32.1. The minimum Gasteiger partial charge on any atom is -0.465 e. The number of para-hydroxylation sites is 1. The second-order valence-electron chi connectivity index (χ2n) is 7.82. The molecule has 1 aliphatic heterocycles. The Hall–Kier alpha value is -3.89. The van der Waals surface area contributed by atoms with E-state index in [4.69, 9.17) is 26.4 Å². The topological polar surface area (TPSA) is 92.9 Å². The molecule has 0 saturated heterocycles. The number of carbonyl (C=O) groups is 1. The quantitative estimate of drug-likeness (QED) is 0.291. The number of ether oxygens (including phenoxy) is 3. The fraction of sp³-hybridized carbons (Fsp3) is 0.160. The van der Waals surface area contributed by atoms with Gasteiger partial charge in [-0.25, -0.2) is 4.79 Å². The molecule has 8 nitrogen and oxygen atoms in total. The van der Waals surface area contributed by atoms with Crippen molar-refractivity contribution in [3.05, 3.63) is 86.3 Å². The first-order valence-electron chi connectivity index (χ1n) is 10.7. The van der Waals surface area contributed by atoms with E-state index in [0.717, 1.165) is 10.3 Å². The molecule has 2 N–H and O–H groups in total. The van der Waals surface area contributed by atoms with E-state index in [1.165, 1.54) is 7.11 Å². The van der Waals surface area contributed by atoms with Crippen LogP contribution in [0.5, 0.6) is 11.5 Å². The van der Waals surface area contributed by atoms with Crippen molar-refractivity contribution in [3.8, 4) is 11.5 Å². The molecule has 3 heterocycles. The molecule has 4 aromatic rings. The van der Waals surface area contributed by atoms with Gasteiger partial charge in [-0.1, -0.05) is 18.2 Å². The van der Waals surface area contributed by atoms with Crippen molar-refractivity contribution in [1.29, 1.82) is 0 Å². The Bertz CT molecular complexity index is 1470. The first-order chi connectivity index (χ1) is 17.0. The molecular weight excluding hydrogens is 486 g/mol. The van der Waals surface area contributed by atoms with E-state index in [2.05, 4.69) is 10.3 Å². The third kappa shape index (κ3) is 4.84. The van der Waals surface area contributed by atoms with Crippen LogP contribution in [-0.2, 0) is 17.8 Å². The summed E-state index contributed by atoms with van der Waals surface area (Å²) in [5, 5.41) is 6.35. The number of methoxy groups -OCH3 is 1. The molecule has 1 aliphatic rings. The number of aromatic nitrogens is 1. The van der Waals surface area contributed by atoms with Gasteiger partial charge in [-0.05, 0) is 47.9 Å². The number of esters is 1. The molecular formula is C25H21N3O5S2. The van der Waals surface area contributed by atoms with Crippen molar-refractivity contribution in [2.75, 3.05) is 19.2 Å². The van der Waals surface area contributed by atoms with Crippen LogP contribution in [0.2, 0.25) is 0 Å². The molecule has 0 atom stereocenters. The molecule has 0 amide bonds. The zero-order valence-corrected chi connectivity index (χ0v) is 20.3. The van der Waals surface area contributed by atoms with Gasteiger partial charge < -0.3 is 29.4 Å². The van der Waals surface area contributed by atoms with E-state index in [1.54, 1.807) is 41.7 Å². The summed E-state index contributed by atoms with van der Waals surface area (Å²) in [5.74, 6) is 0.780. The van der Waals surface area contributed by atoms with Gasteiger partial charge in [0.05, 0.1) is 37.0 Å². The lowest BCUT2D eigenvalue weighted by Gasteiger charge is -2.26. The lowest BCUT2D eigenvalue weighted by Crippen LogP contribution is -2.35. The fourth-order valence-corrected chi connectivity index (χ4v) is 4.79. The van der Waals surface area contributed by atoms with Crippen LogP contribution in [0.25, 0.3) is 10.9 Å². The average Bonchev–Trinajstić information content (AvgIpc) is 3.54. The third-order valence-electron chi connectivity index (χ3n) is 5.56. The van der Waals surface area contributed by atoms with Crippen LogP contribution in [0.15, 0.2) is 64.8 Å². The second kappa shape index (κ2) is 9.77. The molecule has 10 heteroatoms. The molecule has 2 aromatic carbocycles. The lowest BCUT2D eigenvalue weighted by molar-refractivity contribution is 0.0602. The number of aromatic amines is 1. The molecule has 0 spiro atoms. The van der Waals surface area contributed by atoms with Crippen LogP contribution in [0.1, 0.15) is 20.8 Å². The van der Waals surface area contributed by atoms with Crippen molar-refractivity contribution in [3.63, 3.8) is 0 Å². The Morgan fingerprint density at radius 2 is 1.94 bits per heavy atom. The standard InChI is InChI=1S/C25H21N3O5S2/c1-31-24(30)18-6-2-3-7-19(18)27-25(34)28(13-17-5-4-8-35-17)12-16-9-15-10-21-22(33-14-32-21)11-20(15)26-23(16)29/h2-11H,12-14H2,1H3,(H,26,29)(H,27,34). The van der Waals surface area contributed by atoms with Crippen molar-refractivity contribution in [2.45, 2.75) is 13.1 Å².